The van der Waals surface area contributed by atoms with Crippen molar-refractivity contribution in [1.82, 2.24) is 24.5 Å². The molecule has 1 saturated heterocycles. The maximum Gasteiger partial charge on any atom is 0.150 e. The molecular weight excluding hydrogens is 332 g/mol. The highest BCUT2D eigenvalue weighted by Crippen LogP contribution is 2.29. The molecule has 1 unspecified atom stereocenters. The van der Waals surface area contributed by atoms with Gasteiger partial charge in [0.2, 0.25) is 0 Å². The van der Waals surface area contributed by atoms with Crippen molar-refractivity contribution in [3.8, 4) is 11.4 Å². The van der Waals surface area contributed by atoms with Gasteiger partial charge in [-0.05, 0) is 39.2 Å². The number of hydrogen-bond donors (Lipinski definition) is 2. The van der Waals surface area contributed by atoms with E-state index >= 15 is 0 Å². The zero-order chi connectivity index (χ0) is 18.3. The minimum absolute atomic E-state index is 0.0655. The number of pyridine rings is 1. The van der Waals surface area contributed by atoms with Crippen molar-refractivity contribution in [1.29, 1.82) is 0 Å². The van der Waals surface area contributed by atoms with E-state index in [4.69, 9.17) is 10.5 Å². The quantitative estimate of drug-likeness (QED) is 0.743. The average Bonchev–Trinajstić information content (AvgIpc) is 3.18. The normalized spacial score (nSPS) is 18.5. The van der Waals surface area contributed by atoms with Crippen molar-refractivity contribution in [3.05, 3.63) is 24.7 Å². The van der Waals surface area contributed by atoms with Crippen molar-refractivity contribution in [2.75, 3.05) is 12.3 Å². The number of fused-ring (bicyclic) bond motifs is 1. The van der Waals surface area contributed by atoms with E-state index in [-0.39, 0.29) is 6.23 Å². The number of hydrogen-bond acceptors (Lipinski definition) is 6. The molecule has 3 N–H and O–H groups in total. The van der Waals surface area contributed by atoms with Gasteiger partial charge in [-0.15, -0.1) is 0 Å². The van der Waals surface area contributed by atoms with Crippen LogP contribution in [0.15, 0.2) is 24.7 Å². The van der Waals surface area contributed by atoms with Gasteiger partial charge in [0.05, 0.1) is 41.4 Å². The Kier molecular flexibility index (Phi) is 4.16. The summed E-state index contributed by atoms with van der Waals surface area (Å²) in [4.78, 5) is 4.49. The monoisotopic (exact) mass is 356 g/mol. The fraction of sp³-hybridized carbons (Fsp3) is 0.500. The van der Waals surface area contributed by atoms with Crippen LogP contribution in [-0.4, -0.2) is 41.9 Å². The largest absolute Gasteiger partial charge is 0.396 e. The third kappa shape index (κ3) is 3.30. The van der Waals surface area contributed by atoms with Gasteiger partial charge < -0.3 is 15.6 Å². The summed E-state index contributed by atoms with van der Waals surface area (Å²) in [5, 5.41) is 20.0. The lowest BCUT2D eigenvalue weighted by atomic mass is 10.1. The first-order chi connectivity index (χ1) is 12.4. The third-order valence-corrected chi connectivity index (χ3v) is 4.52. The Balaban J connectivity index is 1.70. The van der Waals surface area contributed by atoms with E-state index in [1.807, 2.05) is 12.3 Å². The molecule has 1 aliphatic heterocycles. The van der Waals surface area contributed by atoms with Gasteiger partial charge in [-0.3, -0.25) is 9.67 Å². The van der Waals surface area contributed by atoms with Crippen LogP contribution in [0.1, 0.15) is 39.3 Å². The number of rotatable bonds is 4. The van der Waals surface area contributed by atoms with Crippen molar-refractivity contribution < 1.29 is 9.84 Å². The molecule has 3 aromatic rings. The molecule has 0 radical (unpaired) electrons. The fourth-order valence-corrected chi connectivity index (χ4v) is 3.28. The summed E-state index contributed by atoms with van der Waals surface area (Å²) in [5.74, 6) is 0. The summed E-state index contributed by atoms with van der Waals surface area (Å²) < 4.78 is 9.35. The second kappa shape index (κ2) is 6.37. The van der Waals surface area contributed by atoms with Crippen LogP contribution in [0.3, 0.4) is 0 Å². The summed E-state index contributed by atoms with van der Waals surface area (Å²) in [7, 11) is 0. The summed E-state index contributed by atoms with van der Waals surface area (Å²) >= 11 is 0. The summed E-state index contributed by atoms with van der Waals surface area (Å²) in [5.41, 5.74) is 8.11. The zero-order valence-electron chi connectivity index (χ0n) is 15.1. The van der Waals surface area contributed by atoms with Crippen molar-refractivity contribution in [3.63, 3.8) is 0 Å². The first kappa shape index (κ1) is 17.0. The molecule has 4 rings (SSSR count). The predicted octanol–water partition coefficient (Wildman–Crippen LogP) is 2.35. The molecule has 0 aromatic carbocycles. The topological polar surface area (TPSA) is 104 Å². The van der Waals surface area contributed by atoms with Gasteiger partial charge in [-0.2, -0.15) is 10.2 Å². The van der Waals surface area contributed by atoms with E-state index in [0.717, 1.165) is 36.8 Å². The maximum atomic E-state index is 10.1. The smallest absolute Gasteiger partial charge is 0.150 e. The van der Waals surface area contributed by atoms with Gasteiger partial charge in [0.15, 0.2) is 0 Å². The average molecular weight is 356 g/mol. The van der Waals surface area contributed by atoms with E-state index in [9.17, 15) is 5.11 Å². The molecule has 1 aliphatic rings. The Bertz CT molecular complexity index is 918. The molecule has 8 heteroatoms. The molecule has 3 aromatic heterocycles. The molecule has 0 spiro atoms. The number of nitrogen functional groups attached to an aromatic ring is 1. The van der Waals surface area contributed by atoms with Gasteiger partial charge in [-0.1, -0.05) is 0 Å². The lowest BCUT2D eigenvalue weighted by molar-refractivity contribution is -0.0393. The first-order valence-corrected chi connectivity index (χ1v) is 8.91. The van der Waals surface area contributed by atoms with Crippen LogP contribution in [0.5, 0.6) is 0 Å². The second-order valence-corrected chi connectivity index (χ2v) is 7.48. The SMILES string of the molecule is CC(C)(O)Cn1ncc2cnc(-c3nn(C4CCCCO4)cc3N)cc21. The van der Waals surface area contributed by atoms with Gasteiger partial charge in [0.1, 0.15) is 11.9 Å². The maximum absolute atomic E-state index is 10.1. The number of nitrogens with zero attached hydrogens (tertiary/aromatic N) is 5. The molecule has 138 valence electrons. The van der Waals surface area contributed by atoms with E-state index in [1.54, 1.807) is 35.6 Å². The highest BCUT2D eigenvalue weighted by atomic mass is 16.5. The summed E-state index contributed by atoms with van der Waals surface area (Å²) in [6.07, 6.45) is 8.40. The van der Waals surface area contributed by atoms with Crippen molar-refractivity contribution >= 4 is 16.6 Å². The minimum Gasteiger partial charge on any atom is -0.396 e. The lowest BCUT2D eigenvalue weighted by Gasteiger charge is -2.22. The molecule has 26 heavy (non-hydrogen) atoms. The van der Waals surface area contributed by atoms with Crippen LogP contribution in [-0.2, 0) is 11.3 Å². The van der Waals surface area contributed by atoms with Crippen LogP contribution < -0.4 is 5.73 Å². The molecule has 8 nitrogen and oxygen atoms in total. The Morgan fingerprint density at radius 1 is 1.35 bits per heavy atom. The van der Waals surface area contributed by atoms with E-state index in [1.165, 1.54) is 0 Å². The Hall–Kier alpha value is -2.45. The van der Waals surface area contributed by atoms with Crippen molar-refractivity contribution in [2.24, 2.45) is 0 Å². The van der Waals surface area contributed by atoms with Crippen LogP contribution in [0.25, 0.3) is 22.3 Å². The van der Waals surface area contributed by atoms with E-state index < -0.39 is 5.60 Å². The van der Waals surface area contributed by atoms with Gasteiger partial charge in [0, 0.05) is 18.2 Å². The van der Waals surface area contributed by atoms with E-state index in [2.05, 4.69) is 15.2 Å². The highest BCUT2D eigenvalue weighted by Gasteiger charge is 2.21. The number of nitrogens with two attached hydrogens (primary N) is 1. The summed E-state index contributed by atoms with van der Waals surface area (Å²) in [6, 6.07) is 1.92. The van der Waals surface area contributed by atoms with Crippen LogP contribution >= 0.6 is 0 Å². The number of aromatic nitrogens is 5. The lowest BCUT2D eigenvalue weighted by Crippen LogP contribution is -2.26. The number of ether oxygens (including phenoxy) is 1. The molecule has 1 fully saturated rings. The Labute approximate surface area is 151 Å². The predicted molar refractivity (Wildman–Crippen MR) is 98.3 cm³/mol. The molecule has 0 amide bonds. The van der Waals surface area contributed by atoms with Crippen molar-refractivity contribution in [2.45, 2.75) is 51.5 Å². The van der Waals surface area contributed by atoms with E-state index in [0.29, 0.717) is 23.6 Å². The molecule has 4 heterocycles. The molecule has 0 bridgehead atoms. The fourth-order valence-electron chi connectivity index (χ4n) is 3.28. The molecule has 1 atom stereocenters. The van der Waals surface area contributed by atoms with Crippen LogP contribution in [0, 0.1) is 0 Å². The highest BCUT2D eigenvalue weighted by molar-refractivity contribution is 5.83. The number of aliphatic hydroxyl groups is 1. The molecule has 0 aliphatic carbocycles. The standard InChI is InChI=1S/C18H24N6O2/c1-18(2,25)11-24-15-7-14(20-8-12(15)9-21-24)17-13(19)10-23(22-17)16-5-3-4-6-26-16/h7-10,16,25H,3-6,11,19H2,1-2H3. The molecular formula is C18H24N6O2. The van der Waals surface area contributed by atoms with Crippen LogP contribution in [0.2, 0.25) is 0 Å². The first-order valence-electron chi connectivity index (χ1n) is 8.91. The molecule has 0 saturated carbocycles. The minimum atomic E-state index is -0.860. The van der Waals surface area contributed by atoms with Gasteiger partial charge in [-0.25, -0.2) is 4.68 Å². The Morgan fingerprint density at radius 2 is 2.19 bits per heavy atom. The number of anilines is 1. The van der Waals surface area contributed by atoms with Gasteiger partial charge >= 0.3 is 0 Å². The third-order valence-electron chi connectivity index (χ3n) is 4.52. The summed E-state index contributed by atoms with van der Waals surface area (Å²) in [6.45, 7) is 4.65. The Morgan fingerprint density at radius 3 is 2.92 bits per heavy atom. The van der Waals surface area contributed by atoms with Gasteiger partial charge in [0.25, 0.3) is 0 Å². The second-order valence-electron chi connectivity index (χ2n) is 7.48. The van der Waals surface area contributed by atoms with Crippen LogP contribution in [0.4, 0.5) is 5.69 Å². The zero-order valence-corrected chi connectivity index (χ0v) is 15.1.